The Labute approximate surface area is 72.5 Å². The molecular formula is C7H7ClMn. The fraction of sp³-hybridized carbons (Fsp3) is 0.143. The van der Waals surface area contributed by atoms with Crippen molar-refractivity contribution >= 4 is 0 Å². The minimum atomic E-state index is 0. The van der Waals surface area contributed by atoms with Crippen molar-refractivity contribution in [1.82, 2.24) is 0 Å². The van der Waals surface area contributed by atoms with Crippen LogP contribution in [0.1, 0.15) is 5.56 Å². The zero-order chi connectivity index (χ0) is 5.11. The first-order valence-corrected chi connectivity index (χ1v) is 2.32. The van der Waals surface area contributed by atoms with Crippen molar-refractivity contribution in [1.29, 1.82) is 0 Å². The van der Waals surface area contributed by atoms with E-state index in [1.54, 1.807) is 0 Å². The van der Waals surface area contributed by atoms with E-state index < -0.39 is 0 Å². The second kappa shape index (κ2) is 6.15. The topological polar surface area (TPSA) is 0 Å². The van der Waals surface area contributed by atoms with Crippen LogP contribution in [0.5, 0.6) is 0 Å². The third-order valence-corrected chi connectivity index (χ3v) is 0.885. The van der Waals surface area contributed by atoms with Crippen LogP contribution in [0.2, 0.25) is 0 Å². The van der Waals surface area contributed by atoms with Crippen molar-refractivity contribution in [3.8, 4) is 0 Å². The van der Waals surface area contributed by atoms with Gasteiger partial charge in [0.1, 0.15) is 0 Å². The quantitative estimate of drug-likeness (QED) is 0.348. The maximum absolute atomic E-state index is 2.93. The number of hydrogen-bond donors (Lipinski definition) is 0. The Balaban J connectivity index is 0. The van der Waals surface area contributed by atoms with E-state index in [4.69, 9.17) is 0 Å². The van der Waals surface area contributed by atoms with Crippen molar-refractivity contribution in [2.45, 2.75) is 6.92 Å². The third kappa shape index (κ3) is 4.53. The van der Waals surface area contributed by atoms with Crippen LogP contribution in [0.25, 0.3) is 0 Å². The first-order valence-electron chi connectivity index (χ1n) is 2.32. The molecule has 0 aliphatic heterocycles. The molecule has 0 aliphatic carbocycles. The molecule has 1 aromatic rings. The number of benzene rings is 1. The van der Waals surface area contributed by atoms with Crippen molar-refractivity contribution in [2.75, 3.05) is 0 Å². The van der Waals surface area contributed by atoms with Crippen molar-refractivity contribution < 1.29 is 29.5 Å². The Morgan fingerprint density at radius 1 is 1.22 bits per heavy atom. The Morgan fingerprint density at radius 3 is 1.89 bits per heavy atom. The molecular weight excluding hydrogens is 174 g/mol. The number of rotatable bonds is 0. The standard InChI is InChI=1S/C7H7.ClH.Mn/c1-7-5-3-2-4-6-7;;/h3-6H,1H3;1H;/q-1;;+2/p-1. The third-order valence-electron chi connectivity index (χ3n) is 0.885. The van der Waals surface area contributed by atoms with Gasteiger partial charge in [0.05, 0.1) is 0 Å². The summed E-state index contributed by atoms with van der Waals surface area (Å²) >= 11 is 0. The van der Waals surface area contributed by atoms with Crippen LogP contribution < -0.4 is 12.4 Å². The first-order chi connectivity index (χ1) is 3.39. The average Bonchev–Trinajstić information content (AvgIpc) is 1.69. The monoisotopic (exact) mass is 181 g/mol. The molecule has 0 N–H and O–H groups in total. The molecule has 0 bridgehead atoms. The van der Waals surface area contributed by atoms with Crippen LogP contribution in [-0.4, -0.2) is 0 Å². The summed E-state index contributed by atoms with van der Waals surface area (Å²) in [4.78, 5) is 0. The molecule has 2 heteroatoms. The van der Waals surface area contributed by atoms with Gasteiger partial charge in [0, 0.05) is 0 Å². The van der Waals surface area contributed by atoms with Gasteiger partial charge in [-0.25, -0.2) is 0 Å². The molecule has 0 unspecified atom stereocenters. The second-order valence-electron chi connectivity index (χ2n) is 1.58. The van der Waals surface area contributed by atoms with Crippen LogP contribution in [0, 0.1) is 13.0 Å². The van der Waals surface area contributed by atoms with Crippen LogP contribution in [0.15, 0.2) is 24.3 Å². The van der Waals surface area contributed by atoms with Gasteiger partial charge in [-0.15, -0.1) is 0 Å². The van der Waals surface area contributed by atoms with Gasteiger partial charge >= 0.3 is 17.1 Å². The van der Waals surface area contributed by atoms with E-state index in [1.807, 2.05) is 24.3 Å². The van der Waals surface area contributed by atoms with E-state index in [1.165, 1.54) is 5.56 Å². The molecule has 0 saturated carbocycles. The Bertz CT molecular complexity index is 139. The van der Waals surface area contributed by atoms with E-state index in [0.29, 0.717) is 0 Å². The molecule has 0 heterocycles. The largest absolute Gasteiger partial charge is 2.00 e. The van der Waals surface area contributed by atoms with E-state index in [9.17, 15) is 0 Å². The summed E-state index contributed by atoms with van der Waals surface area (Å²) in [6, 6.07) is 10.8. The normalized spacial score (nSPS) is 6.78. The maximum atomic E-state index is 2.93. The van der Waals surface area contributed by atoms with E-state index >= 15 is 0 Å². The van der Waals surface area contributed by atoms with E-state index in [2.05, 4.69) is 13.0 Å². The van der Waals surface area contributed by atoms with Gasteiger partial charge in [-0.1, -0.05) is 6.92 Å². The molecule has 0 aliphatic rings. The van der Waals surface area contributed by atoms with Gasteiger partial charge in [0.2, 0.25) is 0 Å². The van der Waals surface area contributed by atoms with Gasteiger partial charge in [0.25, 0.3) is 0 Å². The van der Waals surface area contributed by atoms with Crippen LogP contribution in [-0.2, 0) is 17.1 Å². The number of aryl methyl sites for hydroxylation is 1. The van der Waals surface area contributed by atoms with Gasteiger partial charge < -0.3 is 12.4 Å². The van der Waals surface area contributed by atoms with E-state index in [0.717, 1.165) is 0 Å². The van der Waals surface area contributed by atoms with Crippen molar-refractivity contribution in [2.24, 2.45) is 0 Å². The molecule has 0 aromatic heterocycles. The molecule has 1 radical (unpaired) electrons. The maximum Gasteiger partial charge on any atom is 2.00 e. The summed E-state index contributed by atoms with van der Waals surface area (Å²) in [5, 5.41) is 0. The Hall–Kier alpha value is 0.0295. The van der Waals surface area contributed by atoms with Crippen molar-refractivity contribution in [3.63, 3.8) is 0 Å². The van der Waals surface area contributed by atoms with Gasteiger partial charge in [-0.3, -0.25) is 0 Å². The average molecular weight is 182 g/mol. The van der Waals surface area contributed by atoms with Gasteiger partial charge in [-0.2, -0.15) is 35.9 Å². The van der Waals surface area contributed by atoms with E-state index in [-0.39, 0.29) is 29.5 Å². The second-order valence-corrected chi connectivity index (χ2v) is 1.58. The summed E-state index contributed by atoms with van der Waals surface area (Å²) in [6.07, 6.45) is 0. The smallest absolute Gasteiger partial charge is 1.00 e. The molecule has 0 saturated heterocycles. The van der Waals surface area contributed by atoms with Crippen LogP contribution in [0.3, 0.4) is 0 Å². The molecule has 1 rings (SSSR count). The Morgan fingerprint density at radius 2 is 1.67 bits per heavy atom. The molecule has 0 spiro atoms. The fourth-order valence-corrected chi connectivity index (χ4v) is 0.470. The minimum absolute atomic E-state index is 0. The predicted octanol–water partition coefficient (Wildman–Crippen LogP) is -1.20. The predicted molar refractivity (Wildman–Crippen MR) is 30.0 cm³/mol. The first kappa shape index (κ1) is 11.8. The zero-order valence-electron chi connectivity index (χ0n) is 5.07. The number of hydrogen-bond acceptors (Lipinski definition) is 0. The summed E-state index contributed by atoms with van der Waals surface area (Å²) in [5.41, 5.74) is 1.29. The fourth-order valence-electron chi connectivity index (χ4n) is 0.470. The zero-order valence-corrected chi connectivity index (χ0v) is 7.00. The molecule has 1 aromatic carbocycles. The summed E-state index contributed by atoms with van der Waals surface area (Å²) < 4.78 is 0. The molecule has 0 nitrogen and oxygen atoms in total. The molecule has 9 heavy (non-hydrogen) atoms. The number of halogens is 1. The molecule has 0 atom stereocenters. The summed E-state index contributed by atoms with van der Waals surface area (Å²) in [5.74, 6) is 0. The van der Waals surface area contributed by atoms with Crippen LogP contribution >= 0.6 is 0 Å². The Kier molecular flexibility index (Phi) is 8.06. The molecule has 0 fully saturated rings. The van der Waals surface area contributed by atoms with Gasteiger partial charge in [0.15, 0.2) is 0 Å². The van der Waals surface area contributed by atoms with Gasteiger partial charge in [-0.05, 0) is 0 Å². The molecule has 0 amide bonds. The molecule has 49 valence electrons. The summed E-state index contributed by atoms with van der Waals surface area (Å²) in [6.45, 7) is 2.06. The minimum Gasteiger partial charge on any atom is -1.00 e. The summed E-state index contributed by atoms with van der Waals surface area (Å²) in [7, 11) is 0. The van der Waals surface area contributed by atoms with Crippen LogP contribution in [0.4, 0.5) is 0 Å². The van der Waals surface area contributed by atoms with Crippen molar-refractivity contribution in [3.05, 3.63) is 35.9 Å². The SMILES string of the molecule is Cc1cc[c-]cc1.[Cl-].[Mn+2].